The van der Waals surface area contributed by atoms with Gasteiger partial charge in [-0.05, 0) is 12.1 Å². The van der Waals surface area contributed by atoms with Crippen molar-refractivity contribution in [3.63, 3.8) is 0 Å². The average molecular weight is 460 g/mol. The second-order valence-corrected chi connectivity index (χ2v) is 8.72. The zero-order valence-electron chi connectivity index (χ0n) is 9.70. The Balaban J connectivity index is 2.70. The van der Waals surface area contributed by atoms with Gasteiger partial charge < -0.3 is 9.84 Å². The number of nitrogens with zero attached hydrogens (tertiary/aromatic N) is 1. The van der Waals surface area contributed by atoms with E-state index in [1.165, 1.54) is 12.1 Å². The summed E-state index contributed by atoms with van der Waals surface area (Å²) in [5.41, 5.74) is 0.0200. The third kappa shape index (κ3) is 2.92. The van der Waals surface area contributed by atoms with Crippen LogP contribution in [0.25, 0.3) is 0 Å². The van der Waals surface area contributed by atoms with Crippen LogP contribution in [0.4, 0.5) is 0 Å². The van der Waals surface area contributed by atoms with Crippen LogP contribution in [0, 0.1) is 10.1 Å². The van der Waals surface area contributed by atoms with Gasteiger partial charge in [0.2, 0.25) is 9.90 Å². The number of hydrogen-bond acceptors (Lipinski definition) is 4. The van der Waals surface area contributed by atoms with Crippen molar-refractivity contribution < 1.29 is 14.8 Å². The fraction of sp³-hybridized carbons (Fsp3) is 0.400. The van der Waals surface area contributed by atoms with E-state index in [9.17, 15) is 15.2 Å². The molecule has 1 aromatic rings. The van der Waals surface area contributed by atoms with Gasteiger partial charge in [-0.1, -0.05) is 58.0 Å². The van der Waals surface area contributed by atoms with Crippen molar-refractivity contribution in [1.29, 1.82) is 0 Å². The van der Waals surface area contributed by atoms with Crippen LogP contribution < -0.4 is 4.74 Å². The molecule has 21 heavy (non-hydrogen) atoms. The van der Waals surface area contributed by atoms with Gasteiger partial charge in [0.15, 0.2) is 6.10 Å². The highest BCUT2D eigenvalue weighted by Crippen LogP contribution is 2.54. The highest BCUT2D eigenvalue weighted by atomic mass is 79.9. The highest BCUT2D eigenvalue weighted by molar-refractivity contribution is 9.10. The van der Waals surface area contributed by atoms with Gasteiger partial charge in [-0.2, -0.15) is 0 Å². The van der Waals surface area contributed by atoms with Gasteiger partial charge in [0, 0.05) is 31.4 Å². The summed E-state index contributed by atoms with van der Waals surface area (Å²) < 4.78 is 0.920. The van der Waals surface area contributed by atoms with Crippen molar-refractivity contribution in [2.45, 2.75) is 20.4 Å². The lowest BCUT2D eigenvalue weighted by molar-refractivity contribution is -0.561. The molecular formula is C10H5BrCl5NO4. The van der Waals surface area contributed by atoms with Crippen molar-refractivity contribution in [2.24, 2.45) is 0 Å². The molecular weight excluding hydrogens is 455 g/mol. The maximum Gasteiger partial charge on any atom is 0.344 e. The normalized spacial score (nSPS) is 28.7. The Morgan fingerprint density at radius 1 is 1.38 bits per heavy atom. The molecule has 0 bridgehead atoms. The molecule has 5 nitrogen and oxygen atoms in total. The number of fused-ring (bicyclic) bond motifs is 1. The molecule has 116 valence electrons. The van der Waals surface area contributed by atoms with Gasteiger partial charge in [-0.3, -0.25) is 10.1 Å². The molecule has 2 rings (SSSR count). The Labute approximate surface area is 152 Å². The molecule has 0 amide bonds. The number of hydrogen-bond donors (Lipinski definition) is 1. The molecule has 1 heterocycles. The van der Waals surface area contributed by atoms with E-state index in [2.05, 4.69) is 15.9 Å². The van der Waals surface area contributed by atoms with Crippen LogP contribution in [-0.4, -0.2) is 24.4 Å². The number of rotatable bonds is 1. The quantitative estimate of drug-likeness (QED) is 0.290. The highest BCUT2D eigenvalue weighted by Gasteiger charge is 2.66. The topological polar surface area (TPSA) is 72.6 Å². The fourth-order valence-electron chi connectivity index (χ4n) is 1.96. The summed E-state index contributed by atoms with van der Waals surface area (Å²) in [7, 11) is 0. The van der Waals surface area contributed by atoms with Gasteiger partial charge in [0.05, 0.1) is 5.02 Å². The van der Waals surface area contributed by atoms with Gasteiger partial charge in [-0.15, -0.1) is 0 Å². The molecule has 0 saturated carbocycles. The van der Waals surface area contributed by atoms with E-state index in [1.807, 2.05) is 0 Å². The first-order valence-corrected chi connectivity index (χ1v) is 7.91. The van der Waals surface area contributed by atoms with Crippen molar-refractivity contribution in [2.75, 3.05) is 0 Å². The lowest BCUT2D eigenvalue weighted by atomic mass is 9.94. The number of ether oxygens (including phenoxy) is 1. The SMILES string of the molecule is O=[N+]([O-])C1(Br)C(O)c2cc(Cl)cc(Cl)c2OC1C(Cl)(Cl)Cl. The Hall–Kier alpha value is 0.310. The summed E-state index contributed by atoms with van der Waals surface area (Å²) in [5, 5.41) is 22.0. The predicted octanol–water partition coefficient (Wildman–Crippen LogP) is 4.53. The summed E-state index contributed by atoms with van der Waals surface area (Å²) in [5.74, 6) is -0.0261. The molecule has 1 aliphatic rings. The molecule has 0 spiro atoms. The maximum atomic E-state index is 11.4. The minimum absolute atomic E-state index is 0.0200. The van der Waals surface area contributed by atoms with Crippen molar-refractivity contribution in [3.8, 4) is 5.75 Å². The number of aliphatic hydroxyl groups is 1. The van der Waals surface area contributed by atoms with Crippen LogP contribution in [0.3, 0.4) is 0 Å². The predicted molar refractivity (Wildman–Crippen MR) is 84.8 cm³/mol. The van der Waals surface area contributed by atoms with Gasteiger partial charge in [-0.25, -0.2) is 0 Å². The fourth-order valence-corrected chi connectivity index (χ4v) is 4.23. The first-order valence-electron chi connectivity index (χ1n) is 5.23. The molecule has 1 aliphatic heterocycles. The number of aliphatic hydroxyl groups excluding tert-OH is 1. The zero-order chi connectivity index (χ0) is 16.2. The minimum atomic E-state index is -2.28. The molecule has 3 atom stereocenters. The molecule has 3 unspecified atom stereocenters. The monoisotopic (exact) mass is 457 g/mol. The van der Waals surface area contributed by atoms with Crippen LogP contribution in [0.1, 0.15) is 11.7 Å². The lowest BCUT2D eigenvalue weighted by Crippen LogP contribution is -2.59. The van der Waals surface area contributed by atoms with Gasteiger partial charge in [0.1, 0.15) is 5.75 Å². The van der Waals surface area contributed by atoms with Crippen LogP contribution in [0.15, 0.2) is 12.1 Å². The van der Waals surface area contributed by atoms with Gasteiger partial charge >= 0.3 is 4.45 Å². The Bertz CT molecular complexity index is 610. The molecule has 0 radical (unpaired) electrons. The van der Waals surface area contributed by atoms with E-state index >= 15 is 0 Å². The summed E-state index contributed by atoms with van der Waals surface area (Å²) in [6.45, 7) is 0. The summed E-state index contributed by atoms with van der Waals surface area (Å²) in [6.07, 6.45) is -3.33. The molecule has 1 aromatic carbocycles. The lowest BCUT2D eigenvalue weighted by Gasteiger charge is -2.40. The van der Waals surface area contributed by atoms with Crippen molar-refractivity contribution in [3.05, 3.63) is 37.9 Å². The number of alkyl halides is 4. The zero-order valence-corrected chi connectivity index (χ0v) is 15.1. The number of nitro groups is 1. The second-order valence-electron chi connectivity index (χ2n) is 4.23. The van der Waals surface area contributed by atoms with Gasteiger partial charge in [0.25, 0.3) is 0 Å². The van der Waals surface area contributed by atoms with E-state index in [1.54, 1.807) is 0 Å². The second kappa shape index (κ2) is 5.74. The molecule has 0 aliphatic carbocycles. The standard InChI is InChI=1S/C10H5BrCl5NO4/c11-9(17(19)20)7(18)4-1-3(12)2-5(13)6(4)21-8(9)10(14,15)16/h1-2,7-8,18H. The summed E-state index contributed by atoms with van der Waals surface area (Å²) in [4.78, 5) is 10.6. The van der Waals surface area contributed by atoms with Crippen LogP contribution in [-0.2, 0) is 0 Å². The Morgan fingerprint density at radius 2 is 1.95 bits per heavy atom. The summed E-state index contributed by atoms with van der Waals surface area (Å²) in [6, 6.07) is 2.64. The third-order valence-corrected chi connectivity index (χ3v) is 5.13. The smallest absolute Gasteiger partial charge is 0.344 e. The minimum Gasteiger partial charge on any atom is -0.475 e. The van der Waals surface area contributed by atoms with E-state index in [4.69, 9.17) is 62.7 Å². The molecule has 11 heteroatoms. The molecule has 0 saturated heterocycles. The largest absolute Gasteiger partial charge is 0.475 e. The van der Waals surface area contributed by atoms with Crippen LogP contribution >= 0.6 is 73.9 Å². The molecule has 1 N–H and O–H groups in total. The van der Waals surface area contributed by atoms with Crippen LogP contribution in [0.2, 0.25) is 10.0 Å². The third-order valence-electron chi connectivity index (χ3n) is 2.90. The Morgan fingerprint density at radius 3 is 2.43 bits per heavy atom. The van der Waals surface area contributed by atoms with Crippen LogP contribution in [0.5, 0.6) is 5.75 Å². The maximum absolute atomic E-state index is 11.4. The van der Waals surface area contributed by atoms with E-state index in [0.29, 0.717) is 0 Å². The Kier molecular flexibility index (Phi) is 4.83. The number of benzene rings is 1. The van der Waals surface area contributed by atoms with E-state index in [0.717, 1.165) is 0 Å². The first kappa shape index (κ1) is 17.7. The van der Waals surface area contributed by atoms with Crippen molar-refractivity contribution in [1.82, 2.24) is 0 Å². The average Bonchev–Trinajstić information content (AvgIpc) is 2.32. The molecule has 0 fully saturated rings. The van der Waals surface area contributed by atoms with E-state index < -0.39 is 25.4 Å². The van der Waals surface area contributed by atoms with E-state index in [-0.39, 0.29) is 21.4 Å². The summed E-state index contributed by atoms with van der Waals surface area (Å²) >= 11 is 31.9. The first-order chi connectivity index (χ1) is 9.49. The number of halogens is 6. The molecule has 0 aromatic heterocycles. The van der Waals surface area contributed by atoms with Crippen molar-refractivity contribution >= 4 is 73.9 Å².